The summed E-state index contributed by atoms with van der Waals surface area (Å²) in [6.45, 7) is 9.05. The predicted octanol–water partition coefficient (Wildman–Crippen LogP) is 3.73. The molecule has 22 heavy (non-hydrogen) atoms. The van der Waals surface area contributed by atoms with Crippen LogP contribution in [0.2, 0.25) is 0 Å². The number of benzene rings is 2. The summed E-state index contributed by atoms with van der Waals surface area (Å²) in [6, 6.07) is 11.8. The molecule has 2 aromatic rings. The molecule has 0 fully saturated rings. The van der Waals surface area contributed by atoms with Crippen LogP contribution in [0.5, 0.6) is 5.75 Å². The van der Waals surface area contributed by atoms with Gasteiger partial charge in [0.15, 0.2) is 0 Å². The third kappa shape index (κ3) is 4.10. The van der Waals surface area contributed by atoms with E-state index in [1.165, 1.54) is 11.1 Å². The lowest BCUT2D eigenvalue weighted by atomic mass is 10.1. The van der Waals surface area contributed by atoms with Crippen molar-refractivity contribution in [3.05, 3.63) is 64.2 Å². The van der Waals surface area contributed by atoms with Crippen molar-refractivity contribution in [3.63, 3.8) is 0 Å². The Hall–Kier alpha value is -2.29. The van der Waals surface area contributed by atoms with Gasteiger partial charge in [-0.25, -0.2) is 0 Å². The van der Waals surface area contributed by atoms with Gasteiger partial charge >= 0.3 is 0 Å². The zero-order valence-electron chi connectivity index (χ0n) is 13.7. The summed E-state index contributed by atoms with van der Waals surface area (Å²) in [5, 5.41) is 2.89. The summed E-state index contributed by atoms with van der Waals surface area (Å²) in [7, 11) is 0. The van der Waals surface area contributed by atoms with Crippen LogP contribution < -0.4 is 10.1 Å². The number of hydrogen-bond acceptors (Lipinski definition) is 2. The first-order chi connectivity index (χ1) is 10.5. The lowest BCUT2D eigenvalue weighted by Crippen LogP contribution is -2.28. The van der Waals surface area contributed by atoms with E-state index in [2.05, 4.69) is 19.2 Å². The number of carbonyl (C=O) groups is 1. The summed E-state index contributed by atoms with van der Waals surface area (Å²) in [6.07, 6.45) is 0. The van der Waals surface area contributed by atoms with Gasteiger partial charge in [0, 0.05) is 5.56 Å². The maximum Gasteiger partial charge on any atom is 0.251 e. The van der Waals surface area contributed by atoms with Crippen molar-refractivity contribution < 1.29 is 9.53 Å². The lowest BCUT2D eigenvalue weighted by molar-refractivity contribution is 0.0946. The molecule has 0 aliphatic rings. The van der Waals surface area contributed by atoms with Crippen LogP contribution in [0.1, 0.15) is 32.6 Å². The van der Waals surface area contributed by atoms with Crippen molar-refractivity contribution in [2.24, 2.45) is 0 Å². The largest absolute Gasteiger partial charge is 0.492 e. The van der Waals surface area contributed by atoms with Crippen LogP contribution in [0.4, 0.5) is 0 Å². The minimum Gasteiger partial charge on any atom is -0.492 e. The quantitative estimate of drug-likeness (QED) is 0.854. The van der Waals surface area contributed by atoms with Gasteiger partial charge in [-0.3, -0.25) is 4.79 Å². The smallest absolute Gasteiger partial charge is 0.251 e. The lowest BCUT2D eigenvalue weighted by Gasteiger charge is -2.10. The van der Waals surface area contributed by atoms with E-state index >= 15 is 0 Å². The first-order valence-corrected chi connectivity index (χ1v) is 7.53. The maximum atomic E-state index is 12.1. The van der Waals surface area contributed by atoms with Gasteiger partial charge in [0.1, 0.15) is 12.4 Å². The summed E-state index contributed by atoms with van der Waals surface area (Å²) < 4.78 is 5.66. The normalized spacial score (nSPS) is 10.4. The highest BCUT2D eigenvalue weighted by atomic mass is 16.5. The molecular weight excluding hydrogens is 274 g/mol. The van der Waals surface area contributed by atoms with E-state index in [0.29, 0.717) is 13.2 Å². The molecule has 0 spiro atoms. The number of hydrogen-bond donors (Lipinski definition) is 1. The third-order valence-corrected chi connectivity index (χ3v) is 3.76. The van der Waals surface area contributed by atoms with Gasteiger partial charge in [0.05, 0.1) is 6.54 Å². The van der Waals surface area contributed by atoms with Crippen molar-refractivity contribution in [1.82, 2.24) is 5.32 Å². The Kier molecular flexibility index (Phi) is 5.21. The van der Waals surface area contributed by atoms with Gasteiger partial charge in [-0.1, -0.05) is 23.8 Å². The monoisotopic (exact) mass is 297 g/mol. The molecule has 0 atom stereocenters. The molecule has 1 amide bonds. The van der Waals surface area contributed by atoms with Crippen molar-refractivity contribution in [3.8, 4) is 5.75 Å². The number of aryl methyl sites for hydroxylation is 4. The van der Waals surface area contributed by atoms with Crippen molar-refractivity contribution in [2.45, 2.75) is 27.7 Å². The van der Waals surface area contributed by atoms with Crippen molar-refractivity contribution in [1.29, 1.82) is 0 Å². The Bertz CT molecular complexity index is 677. The van der Waals surface area contributed by atoms with Gasteiger partial charge in [0.25, 0.3) is 5.91 Å². The first-order valence-electron chi connectivity index (χ1n) is 7.53. The fourth-order valence-electron chi connectivity index (χ4n) is 2.30. The molecule has 116 valence electrons. The first kappa shape index (κ1) is 16.1. The molecule has 2 rings (SSSR count). The molecule has 0 aliphatic heterocycles. The van der Waals surface area contributed by atoms with E-state index in [9.17, 15) is 4.79 Å². The Labute approximate surface area is 132 Å². The number of nitrogens with one attached hydrogen (secondary N) is 1. The average Bonchev–Trinajstić information content (AvgIpc) is 2.47. The zero-order chi connectivity index (χ0) is 16.1. The van der Waals surface area contributed by atoms with E-state index in [4.69, 9.17) is 4.74 Å². The number of carbonyl (C=O) groups excluding carboxylic acids is 1. The van der Waals surface area contributed by atoms with Crippen LogP contribution in [0.15, 0.2) is 36.4 Å². The number of ether oxygens (including phenoxy) is 1. The van der Waals surface area contributed by atoms with Gasteiger partial charge in [-0.05, 0) is 62.6 Å². The Morgan fingerprint density at radius 2 is 1.73 bits per heavy atom. The summed E-state index contributed by atoms with van der Waals surface area (Å²) in [5.41, 5.74) is 5.32. The second kappa shape index (κ2) is 7.12. The minimum atomic E-state index is -0.0545. The highest BCUT2D eigenvalue weighted by Gasteiger charge is 2.08. The molecule has 1 N–H and O–H groups in total. The molecule has 3 heteroatoms. The molecule has 3 nitrogen and oxygen atoms in total. The summed E-state index contributed by atoms with van der Waals surface area (Å²) in [4.78, 5) is 12.1. The molecule has 0 heterocycles. The topological polar surface area (TPSA) is 38.3 Å². The second-order valence-corrected chi connectivity index (χ2v) is 5.67. The highest BCUT2D eigenvalue weighted by Crippen LogP contribution is 2.16. The molecule has 0 bridgehead atoms. The van der Waals surface area contributed by atoms with Gasteiger partial charge in [0.2, 0.25) is 0 Å². The SMILES string of the molecule is Cc1ccc(C(=O)NCCOc2ccc(C)c(C)c2)c(C)c1. The predicted molar refractivity (Wildman–Crippen MR) is 89.7 cm³/mol. The van der Waals surface area contributed by atoms with Crippen LogP contribution in [0.25, 0.3) is 0 Å². The maximum absolute atomic E-state index is 12.1. The summed E-state index contributed by atoms with van der Waals surface area (Å²) >= 11 is 0. The van der Waals surface area contributed by atoms with Crippen LogP contribution >= 0.6 is 0 Å². The minimum absolute atomic E-state index is 0.0545. The fraction of sp³-hybridized carbons (Fsp3) is 0.316. The van der Waals surface area contributed by atoms with Gasteiger partial charge < -0.3 is 10.1 Å². The molecule has 0 saturated carbocycles. The van der Waals surface area contributed by atoms with Crippen LogP contribution in [-0.4, -0.2) is 19.1 Å². The van der Waals surface area contributed by atoms with Crippen molar-refractivity contribution >= 4 is 5.91 Å². The number of rotatable bonds is 5. The Balaban J connectivity index is 1.83. The van der Waals surface area contributed by atoms with E-state index in [0.717, 1.165) is 22.4 Å². The van der Waals surface area contributed by atoms with Gasteiger partial charge in [-0.2, -0.15) is 0 Å². The fourth-order valence-corrected chi connectivity index (χ4v) is 2.30. The third-order valence-electron chi connectivity index (χ3n) is 3.76. The highest BCUT2D eigenvalue weighted by molar-refractivity contribution is 5.95. The molecule has 0 unspecified atom stereocenters. The molecular formula is C19H23NO2. The Morgan fingerprint density at radius 3 is 2.41 bits per heavy atom. The standard InChI is InChI=1S/C19H23NO2/c1-13-5-8-18(16(4)11-13)19(21)20-9-10-22-17-7-6-14(2)15(3)12-17/h5-8,11-12H,9-10H2,1-4H3,(H,20,21). The second-order valence-electron chi connectivity index (χ2n) is 5.67. The van der Waals surface area contributed by atoms with E-state index in [1.54, 1.807) is 0 Å². The molecule has 0 saturated heterocycles. The zero-order valence-corrected chi connectivity index (χ0v) is 13.7. The van der Waals surface area contributed by atoms with Crippen LogP contribution in [0.3, 0.4) is 0 Å². The number of amides is 1. The average molecular weight is 297 g/mol. The van der Waals surface area contributed by atoms with E-state index in [-0.39, 0.29) is 5.91 Å². The summed E-state index contributed by atoms with van der Waals surface area (Å²) in [5.74, 6) is 0.782. The van der Waals surface area contributed by atoms with E-state index < -0.39 is 0 Å². The van der Waals surface area contributed by atoms with E-state index in [1.807, 2.05) is 50.2 Å². The molecule has 0 aromatic heterocycles. The molecule has 0 aliphatic carbocycles. The van der Waals surface area contributed by atoms with Crippen molar-refractivity contribution in [2.75, 3.05) is 13.2 Å². The molecule has 2 aromatic carbocycles. The van der Waals surface area contributed by atoms with Crippen LogP contribution in [-0.2, 0) is 0 Å². The molecule has 0 radical (unpaired) electrons. The van der Waals surface area contributed by atoms with Crippen LogP contribution in [0, 0.1) is 27.7 Å². The van der Waals surface area contributed by atoms with Gasteiger partial charge in [-0.15, -0.1) is 0 Å². The Morgan fingerprint density at radius 1 is 0.955 bits per heavy atom.